The molecule has 0 spiro atoms. The zero-order valence-electron chi connectivity index (χ0n) is 10.9. The van der Waals surface area contributed by atoms with Gasteiger partial charge in [-0.2, -0.15) is 0 Å². The van der Waals surface area contributed by atoms with Crippen LogP contribution in [0.15, 0.2) is 30.3 Å². The highest BCUT2D eigenvalue weighted by molar-refractivity contribution is 5.15. The van der Waals surface area contributed by atoms with Crippen molar-refractivity contribution in [2.75, 3.05) is 20.1 Å². The van der Waals surface area contributed by atoms with E-state index >= 15 is 0 Å². The number of hydrogen-bond donors (Lipinski definition) is 0. The van der Waals surface area contributed by atoms with Gasteiger partial charge < -0.3 is 4.90 Å². The van der Waals surface area contributed by atoms with Crippen LogP contribution >= 0.6 is 0 Å². The summed E-state index contributed by atoms with van der Waals surface area (Å²) >= 11 is 0. The highest BCUT2D eigenvalue weighted by atomic mass is 15.1. The summed E-state index contributed by atoms with van der Waals surface area (Å²) in [6.45, 7) is 6.55. The molecule has 0 bridgehead atoms. The first-order valence-corrected chi connectivity index (χ1v) is 6.57. The van der Waals surface area contributed by atoms with E-state index in [4.69, 9.17) is 0 Å². The normalized spacial score (nSPS) is 17.7. The van der Waals surface area contributed by atoms with E-state index in [2.05, 4.69) is 42.3 Å². The zero-order valence-corrected chi connectivity index (χ0v) is 10.9. The summed E-state index contributed by atoms with van der Waals surface area (Å²) in [5, 5.41) is 0. The van der Waals surface area contributed by atoms with Crippen LogP contribution in [0.4, 0.5) is 0 Å². The Kier molecular flexibility index (Phi) is 6.17. The van der Waals surface area contributed by atoms with Gasteiger partial charge in [0, 0.05) is 0 Å². The monoisotopic (exact) mass is 219 g/mol. The number of rotatable bonds is 2. The second kappa shape index (κ2) is 7.45. The second-order valence-electron chi connectivity index (χ2n) is 4.44. The van der Waals surface area contributed by atoms with E-state index in [0.717, 1.165) is 5.92 Å². The lowest BCUT2D eigenvalue weighted by Crippen LogP contribution is -2.30. The van der Waals surface area contributed by atoms with Crippen LogP contribution in [0.2, 0.25) is 0 Å². The summed E-state index contributed by atoms with van der Waals surface area (Å²) in [6, 6.07) is 10.9. The van der Waals surface area contributed by atoms with Crippen LogP contribution in [-0.4, -0.2) is 25.0 Å². The minimum absolute atomic E-state index is 0.911. The summed E-state index contributed by atoms with van der Waals surface area (Å²) in [6.07, 6.45) is 4.01. The average Bonchev–Trinajstić information content (AvgIpc) is 2.36. The maximum Gasteiger partial charge on any atom is -0.00190 e. The van der Waals surface area contributed by atoms with E-state index in [1.807, 2.05) is 13.8 Å². The predicted octanol–water partition coefficient (Wildman–Crippen LogP) is 3.60. The molecular formula is C15H25N. The molecule has 0 aliphatic carbocycles. The quantitative estimate of drug-likeness (QED) is 0.734. The fraction of sp³-hybridized carbons (Fsp3) is 0.600. The number of hydrogen-bond acceptors (Lipinski definition) is 1. The van der Waals surface area contributed by atoms with Crippen molar-refractivity contribution in [2.45, 2.75) is 33.1 Å². The van der Waals surface area contributed by atoms with Gasteiger partial charge in [0.15, 0.2) is 0 Å². The van der Waals surface area contributed by atoms with Gasteiger partial charge in [-0.1, -0.05) is 44.2 Å². The number of nitrogens with zero attached hydrogens (tertiary/aromatic N) is 1. The van der Waals surface area contributed by atoms with Crippen molar-refractivity contribution in [1.29, 1.82) is 0 Å². The molecule has 1 heterocycles. The average molecular weight is 219 g/mol. The van der Waals surface area contributed by atoms with Gasteiger partial charge in [-0.15, -0.1) is 0 Å². The van der Waals surface area contributed by atoms with Gasteiger partial charge in [0.2, 0.25) is 0 Å². The number of piperidine rings is 1. The lowest BCUT2D eigenvalue weighted by Gasteiger charge is -2.28. The lowest BCUT2D eigenvalue weighted by molar-refractivity contribution is 0.219. The topological polar surface area (TPSA) is 3.24 Å². The molecule has 1 aromatic rings. The Morgan fingerprint density at radius 1 is 1.06 bits per heavy atom. The molecule has 1 heteroatoms. The van der Waals surface area contributed by atoms with Crippen LogP contribution in [0.1, 0.15) is 32.3 Å². The molecule has 0 amide bonds. The van der Waals surface area contributed by atoms with Crippen molar-refractivity contribution in [3.05, 3.63) is 35.9 Å². The molecule has 0 saturated carbocycles. The third-order valence-corrected chi connectivity index (χ3v) is 3.21. The molecule has 1 aromatic carbocycles. The summed E-state index contributed by atoms with van der Waals surface area (Å²) < 4.78 is 0. The molecule has 1 saturated heterocycles. The van der Waals surface area contributed by atoms with Crippen molar-refractivity contribution in [1.82, 2.24) is 4.90 Å². The first-order chi connectivity index (χ1) is 7.84. The standard InChI is InChI=1S/C13H19N.C2H6/c1-14-9-7-13(8-10-14)11-12-5-3-2-4-6-12;1-2/h2-6,13H,7-11H2,1H3;1-2H3. The second-order valence-corrected chi connectivity index (χ2v) is 4.44. The fourth-order valence-corrected chi connectivity index (χ4v) is 2.21. The van der Waals surface area contributed by atoms with E-state index in [1.54, 1.807) is 0 Å². The molecule has 0 unspecified atom stereocenters. The van der Waals surface area contributed by atoms with Crippen LogP contribution in [0.3, 0.4) is 0 Å². The Morgan fingerprint density at radius 2 is 1.62 bits per heavy atom. The van der Waals surface area contributed by atoms with Gasteiger partial charge in [0.1, 0.15) is 0 Å². The molecule has 1 fully saturated rings. The largest absolute Gasteiger partial charge is 0.306 e. The van der Waals surface area contributed by atoms with Crippen molar-refractivity contribution in [3.8, 4) is 0 Å². The predicted molar refractivity (Wildman–Crippen MR) is 71.7 cm³/mol. The van der Waals surface area contributed by atoms with E-state index in [1.165, 1.54) is 37.9 Å². The fourth-order valence-electron chi connectivity index (χ4n) is 2.21. The molecule has 1 nitrogen and oxygen atoms in total. The Balaban J connectivity index is 0.000000606. The molecule has 90 valence electrons. The van der Waals surface area contributed by atoms with Crippen LogP contribution in [0.25, 0.3) is 0 Å². The maximum atomic E-state index is 2.43. The molecule has 1 aliphatic rings. The van der Waals surface area contributed by atoms with Gasteiger partial charge in [0.05, 0.1) is 0 Å². The molecule has 16 heavy (non-hydrogen) atoms. The van der Waals surface area contributed by atoms with Crippen molar-refractivity contribution in [3.63, 3.8) is 0 Å². The van der Waals surface area contributed by atoms with Crippen LogP contribution in [0.5, 0.6) is 0 Å². The van der Waals surface area contributed by atoms with E-state index in [9.17, 15) is 0 Å². The van der Waals surface area contributed by atoms with Gasteiger partial charge >= 0.3 is 0 Å². The Morgan fingerprint density at radius 3 is 2.19 bits per heavy atom. The first kappa shape index (κ1) is 13.2. The molecule has 1 aliphatic heterocycles. The zero-order chi connectivity index (χ0) is 11.8. The van der Waals surface area contributed by atoms with Crippen LogP contribution in [-0.2, 0) is 6.42 Å². The molecule has 2 rings (SSSR count). The van der Waals surface area contributed by atoms with Gasteiger partial charge in [0.25, 0.3) is 0 Å². The van der Waals surface area contributed by atoms with Gasteiger partial charge in [-0.3, -0.25) is 0 Å². The highest BCUT2D eigenvalue weighted by Crippen LogP contribution is 2.20. The Bertz CT molecular complexity index is 260. The third-order valence-electron chi connectivity index (χ3n) is 3.21. The van der Waals surface area contributed by atoms with E-state index in [-0.39, 0.29) is 0 Å². The molecule has 0 N–H and O–H groups in total. The highest BCUT2D eigenvalue weighted by Gasteiger charge is 2.16. The van der Waals surface area contributed by atoms with Crippen molar-refractivity contribution >= 4 is 0 Å². The summed E-state index contributed by atoms with van der Waals surface area (Å²) in [4.78, 5) is 2.43. The molecule has 0 radical (unpaired) electrons. The maximum absolute atomic E-state index is 2.43. The van der Waals surface area contributed by atoms with Gasteiger partial charge in [-0.25, -0.2) is 0 Å². The van der Waals surface area contributed by atoms with E-state index < -0.39 is 0 Å². The number of benzene rings is 1. The van der Waals surface area contributed by atoms with Crippen molar-refractivity contribution in [2.24, 2.45) is 5.92 Å². The smallest absolute Gasteiger partial charge is 0.00190 e. The Labute approximate surface area is 100 Å². The minimum Gasteiger partial charge on any atom is -0.306 e. The summed E-state index contributed by atoms with van der Waals surface area (Å²) in [5.41, 5.74) is 1.50. The molecule has 0 aromatic heterocycles. The van der Waals surface area contributed by atoms with Crippen LogP contribution < -0.4 is 0 Å². The molecule has 0 atom stereocenters. The van der Waals surface area contributed by atoms with Crippen molar-refractivity contribution < 1.29 is 0 Å². The first-order valence-electron chi connectivity index (χ1n) is 6.57. The summed E-state index contributed by atoms with van der Waals surface area (Å²) in [5.74, 6) is 0.911. The summed E-state index contributed by atoms with van der Waals surface area (Å²) in [7, 11) is 2.22. The third kappa shape index (κ3) is 4.36. The number of likely N-dealkylation sites (tertiary alicyclic amines) is 1. The van der Waals surface area contributed by atoms with Gasteiger partial charge in [-0.05, 0) is 50.9 Å². The molecular weight excluding hydrogens is 194 g/mol. The Hall–Kier alpha value is -0.820. The minimum atomic E-state index is 0.911. The van der Waals surface area contributed by atoms with E-state index in [0.29, 0.717) is 0 Å². The van der Waals surface area contributed by atoms with Crippen LogP contribution in [0, 0.1) is 5.92 Å². The SMILES string of the molecule is CC.CN1CCC(Cc2ccccc2)CC1. The lowest BCUT2D eigenvalue weighted by atomic mass is 9.90.